The summed E-state index contributed by atoms with van der Waals surface area (Å²) in [6.45, 7) is 6.23. The first-order valence-electron chi connectivity index (χ1n) is 16.1. The van der Waals surface area contributed by atoms with Crippen LogP contribution >= 0.6 is 23.2 Å². The number of amides is 2. The van der Waals surface area contributed by atoms with Crippen molar-refractivity contribution in [3.63, 3.8) is 0 Å². The van der Waals surface area contributed by atoms with Gasteiger partial charge in [0.2, 0.25) is 0 Å². The number of hydrogen-bond acceptors (Lipinski definition) is 7. The van der Waals surface area contributed by atoms with Crippen LogP contribution in [0.15, 0.2) is 53.3 Å². The summed E-state index contributed by atoms with van der Waals surface area (Å²) in [6, 6.07) is 15.0. The first-order chi connectivity index (χ1) is 22.2. The Balaban J connectivity index is 0.00000433. The summed E-state index contributed by atoms with van der Waals surface area (Å²) >= 11 is 12.4. The topological polar surface area (TPSA) is 107 Å². The third-order valence-corrected chi connectivity index (χ3v) is 10.3. The van der Waals surface area contributed by atoms with E-state index >= 15 is 0 Å². The van der Waals surface area contributed by atoms with Gasteiger partial charge in [0.05, 0.1) is 16.1 Å². The number of nitrogens with zero attached hydrogens (tertiary/aromatic N) is 6. The molecular weight excluding hydrogens is 641 g/mol. The molecule has 3 saturated heterocycles. The van der Waals surface area contributed by atoms with Crippen LogP contribution in [0.25, 0.3) is 11.4 Å². The fraction of sp³-hybridized carbons (Fsp3) is 0.529. The second-order valence-electron chi connectivity index (χ2n) is 12.5. The Morgan fingerprint density at radius 3 is 2.17 bits per heavy atom. The zero-order valence-electron chi connectivity index (χ0n) is 26.1. The van der Waals surface area contributed by atoms with Gasteiger partial charge in [0.25, 0.3) is 5.91 Å². The predicted molar refractivity (Wildman–Crippen MR) is 184 cm³/mol. The minimum absolute atomic E-state index is 0. The van der Waals surface area contributed by atoms with Gasteiger partial charge in [0.15, 0.2) is 11.9 Å². The number of likely N-dealkylation sites (N-methyl/N-ethyl adjacent to an activating group) is 1. The fourth-order valence-electron chi connectivity index (χ4n) is 6.70. The number of hydrogen-bond donors (Lipinski definition) is 1. The van der Waals surface area contributed by atoms with Crippen molar-refractivity contribution in [2.75, 3.05) is 59.4 Å². The third kappa shape index (κ3) is 8.38. The van der Waals surface area contributed by atoms with Crippen molar-refractivity contribution in [2.24, 2.45) is 0 Å². The Hall–Kier alpha value is -3.38. The highest BCUT2D eigenvalue weighted by Gasteiger charge is 2.35. The molecule has 2 aromatic carbocycles. The van der Waals surface area contributed by atoms with Crippen molar-refractivity contribution >= 4 is 35.2 Å². The SMILES string of the molecule is C.CN1CCN(C2CCN(C(=O)[C@@H](Cc3ccc(Cl)c(Cl)c3)OC(=O)N3CCC(n4nc(-c5ccccc5)[nH]c4=O)CC3)CC2)CC1. The largest absolute Gasteiger partial charge is 0.436 e. The molecule has 2 amide bonds. The molecule has 3 aliphatic heterocycles. The lowest BCUT2D eigenvalue weighted by molar-refractivity contribution is -0.142. The van der Waals surface area contributed by atoms with Crippen molar-refractivity contribution in [3.05, 3.63) is 74.6 Å². The maximum atomic E-state index is 13.9. The van der Waals surface area contributed by atoms with E-state index in [2.05, 4.69) is 26.9 Å². The summed E-state index contributed by atoms with van der Waals surface area (Å²) in [5, 5.41) is 5.34. The lowest BCUT2D eigenvalue weighted by atomic mass is 10.0. The maximum absolute atomic E-state index is 13.9. The van der Waals surface area contributed by atoms with Crippen LogP contribution in [0.1, 0.15) is 44.7 Å². The molecule has 254 valence electrons. The molecule has 1 aromatic heterocycles. The summed E-state index contributed by atoms with van der Waals surface area (Å²) < 4.78 is 7.45. The monoisotopic (exact) mass is 685 g/mol. The highest BCUT2D eigenvalue weighted by molar-refractivity contribution is 6.42. The molecule has 0 bridgehead atoms. The third-order valence-electron chi connectivity index (χ3n) is 9.51. The number of aromatic nitrogens is 3. The van der Waals surface area contributed by atoms with Crippen LogP contribution in [0.3, 0.4) is 0 Å². The standard InChI is InChI=1S/C33H41Cl2N7O4.CH4/c1-38-17-19-39(20-18-38)25-9-13-40(14-10-25)31(43)29(22-23-7-8-27(34)28(35)21-23)46-33(45)41-15-11-26(12-16-41)42-32(44)36-30(37-42)24-5-3-2-4-6-24;/h2-8,21,25-26,29H,9-20,22H2,1H3,(H,36,37,44);1H4/t29-;/m1./s1. The van der Waals surface area contributed by atoms with E-state index in [4.69, 9.17) is 27.9 Å². The van der Waals surface area contributed by atoms with Gasteiger partial charge in [-0.05, 0) is 50.4 Å². The van der Waals surface area contributed by atoms with Crippen LogP contribution in [0.5, 0.6) is 0 Å². The first-order valence-corrected chi connectivity index (χ1v) is 16.9. The van der Waals surface area contributed by atoms with Gasteiger partial charge in [-0.3, -0.25) is 14.7 Å². The summed E-state index contributed by atoms with van der Waals surface area (Å²) in [4.78, 5) is 51.3. The molecule has 3 fully saturated rings. The number of piperidine rings is 2. The zero-order valence-corrected chi connectivity index (χ0v) is 27.6. The van der Waals surface area contributed by atoms with Crippen molar-refractivity contribution in [2.45, 2.75) is 57.7 Å². The number of halogens is 2. The Labute approximate surface area is 286 Å². The molecule has 47 heavy (non-hydrogen) atoms. The summed E-state index contributed by atoms with van der Waals surface area (Å²) in [5.74, 6) is 0.325. The van der Waals surface area contributed by atoms with E-state index in [0.717, 1.165) is 50.1 Å². The smallest absolute Gasteiger partial charge is 0.410 e. The summed E-state index contributed by atoms with van der Waals surface area (Å²) in [5.41, 5.74) is 1.32. The van der Waals surface area contributed by atoms with Crippen LogP contribution < -0.4 is 5.69 Å². The van der Waals surface area contributed by atoms with Gasteiger partial charge in [-0.1, -0.05) is 67.0 Å². The molecule has 11 nitrogen and oxygen atoms in total. The van der Waals surface area contributed by atoms with Crippen LogP contribution in [-0.4, -0.2) is 118 Å². The Morgan fingerprint density at radius 1 is 0.872 bits per heavy atom. The van der Waals surface area contributed by atoms with Crippen molar-refractivity contribution in [3.8, 4) is 11.4 Å². The van der Waals surface area contributed by atoms with E-state index in [1.165, 1.54) is 4.68 Å². The van der Waals surface area contributed by atoms with Gasteiger partial charge >= 0.3 is 11.8 Å². The second-order valence-corrected chi connectivity index (χ2v) is 13.3. The van der Waals surface area contributed by atoms with Crippen molar-refractivity contribution < 1.29 is 14.3 Å². The molecule has 0 aliphatic carbocycles. The van der Waals surface area contributed by atoms with E-state index in [1.54, 1.807) is 23.1 Å². The molecule has 3 aromatic rings. The Bertz CT molecular complexity index is 1560. The predicted octanol–water partition coefficient (Wildman–Crippen LogP) is 4.80. The highest BCUT2D eigenvalue weighted by atomic mass is 35.5. The Morgan fingerprint density at radius 2 is 1.51 bits per heavy atom. The van der Waals surface area contributed by atoms with Crippen molar-refractivity contribution in [1.29, 1.82) is 0 Å². The lowest BCUT2D eigenvalue weighted by Gasteiger charge is -2.42. The minimum Gasteiger partial charge on any atom is -0.436 e. The normalized spacial score (nSPS) is 19.3. The summed E-state index contributed by atoms with van der Waals surface area (Å²) in [7, 11) is 2.15. The van der Waals surface area contributed by atoms with Gasteiger partial charge in [-0.25, -0.2) is 14.3 Å². The quantitative estimate of drug-likeness (QED) is 0.381. The van der Waals surface area contributed by atoms with Crippen LogP contribution in [0, 0.1) is 0 Å². The molecule has 1 atom stereocenters. The van der Waals surface area contributed by atoms with Crippen molar-refractivity contribution in [1.82, 2.24) is 34.4 Å². The Kier molecular flexibility index (Phi) is 11.7. The average molecular weight is 687 g/mol. The lowest BCUT2D eigenvalue weighted by Crippen LogP contribution is -2.54. The number of likely N-dealkylation sites (tertiary alicyclic amines) is 2. The molecule has 13 heteroatoms. The molecule has 0 saturated carbocycles. The number of carbonyl (C=O) groups is 2. The number of rotatable bonds is 7. The summed E-state index contributed by atoms with van der Waals surface area (Å²) in [6.07, 6.45) is 1.54. The number of nitrogens with one attached hydrogen (secondary N) is 1. The molecule has 0 radical (unpaired) electrons. The number of H-pyrrole nitrogens is 1. The van der Waals surface area contributed by atoms with Crippen LogP contribution in [0.4, 0.5) is 4.79 Å². The maximum Gasteiger partial charge on any atom is 0.410 e. The van der Waals surface area contributed by atoms with Crippen LogP contribution in [0.2, 0.25) is 10.0 Å². The van der Waals surface area contributed by atoms with Gasteiger partial charge in [-0.2, -0.15) is 0 Å². The van der Waals surface area contributed by atoms with E-state index in [9.17, 15) is 14.4 Å². The van der Waals surface area contributed by atoms with Gasteiger partial charge < -0.3 is 19.4 Å². The van der Waals surface area contributed by atoms with Gasteiger partial charge in [-0.15, -0.1) is 5.10 Å². The van der Waals surface area contributed by atoms with E-state index < -0.39 is 12.2 Å². The molecule has 4 heterocycles. The number of carbonyl (C=O) groups excluding carboxylic acids is 2. The second kappa shape index (κ2) is 15.7. The molecule has 1 N–H and O–H groups in total. The van der Waals surface area contributed by atoms with E-state index in [-0.39, 0.29) is 31.5 Å². The first kappa shape index (κ1) is 34.9. The number of ether oxygens (including phenoxy) is 1. The molecule has 0 spiro atoms. The molecule has 6 rings (SSSR count). The number of aromatic amines is 1. The van der Waals surface area contributed by atoms with Gasteiger partial charge in [0.1, 0.15) is 0 Å². The van der Waals surface area contributed by atoms with Crippen LogP contribution in [-0.2, 0) is 16.0 Å². The van der Waals surface area contributed by atoms with E-state index in [1.807, 2.05) is 35.2 Å². The van der Waals surface area contributed by atoms with E-state index in [0.29, 0.717) is 60.9 Å². The molecular formula is C34H45Cl2N7O4. The number of piperazine rings is 1. The fourth-order valence-corrected chi connectivity index (χ4v) is 7.02. The molecule has 0 unspecified atom stereocenters. The average Bonchev–Trinajstić information content (AvgIpc) is 3.48. The minimum atomic E-state index is -0.995. The number of benzene rings is 2. The molecule has 3 aliphatic rings. The van der Waals surface area contributed by atoms with Gasteiger partial charge in [0, 0.05) is 70.4 Å². The highest BCUT2D eigenvalue weighted by Crippen LogP contribution is 2.26. The zero-order chi connectivity index (χ0) is 32.2.